The van der Waals surface area contributed by atoms with Crippen LogP contribution in [0.2, 0.25) is 0 Å². The average Bonchev–Trinajstić information content (AvgIpc) is 2.90. The first-order valence-corrected chi connectivity index (χ1v) is 7.25. The van der Waals surface area contributed by atoms with Crippen LogP contribution in [0.15, 0.2) is 53.1 Å². The normalized spacial score (nSPS) is 10.5. The van der Waals surface area contributed by atoms with E-state index in [0.29, 0.717) is 17.5 Å². The van der Waals surface area contributed by atoms with E-state index in [1.807, 2.05) is 30.3 Å². The maximum atomic E-state index is 12.5. The predicted molar refractivity (Wildman–Crippen MR) is 85.2 cm³/mol. The standard InChI is InChI=1S/C17H11BrN2O/c18-13-3-1-2-11(6-13)8-17(21)15-10-20-16-5-4-12(9-19)7-14(15)16/h1-7,10,20H,8H2. The molecule has 21 heavy (non-hydrogen) atoms. The number of aromatic nitrogens is 1. The lowest BCUT2D eigenvalue weighted by Gasteiger charge is -2.01. The van der Waals surface area contributed by atoms with Crippen molar-refractivity contribution in [2.24, 2.45) is 0 Å². The molecule has 0 amide bonds. The number of Topliss-reactive ketones (excluding diaryl/α,β-unsaturated/α-hetero) is 1. The number of fused-ring (bicyclic) bond motifs is 1. The van der Waals surface area contributed by atoms with E-state index in [0.717, 1.165) is 20.9 Å². The van der Waals surface area contributed by atoms with Gasteiger partial charge in [-0.2, -0.15) is 5.26 Å². The largest absolute Gasteiger partial charge is 0.360 e. The van der Waals surface area contributed by atoms with Crippen LogP contribution in [-0.4, -0.2) is 10.8 Å². The summed E-state index contributed by atoms with van der Waals surface area (Å²) in [5, 5.41) is 9.78. The van der Waals surface area contributed by atoms with Gasteiger partial charge in [-0.1, -0.05) is 28.1 Å². The minimum Gasteiger partial charge on any atom is -0.360 e. The number of hydrogen-bond donors (Lipinski definition) is 1. The van der Waals surface area contributed by atoms with Crippen molar-refractivity contribution in [2.75, 3.05) is 0 Å². The first-order chi connectivity index (χ1) is 10.2. The summed E-state index contributed by atoms with van der Waals surface area (Å²) in [7, 11) is 0. The van der Waals surface area contributed by atoms with Gasteiger partial charge >= 0.3 is 0 Å². The van der Waals surface area contributed by atoms with Crippen LogP contribution in [-0.2, 0) is 6.42 Å². The van der Waals surface area contributed by atoms with Gasteiger partial charge < -0.3 is 4.98 Å². The lowest BCUT2D eigenvalue weighted by atomic mass is 10.0. The third kappa shape index (κ3) is 2.74. The molecule has 102 valence electrons. The smallest absolute Gasteiger partial charge is 0.169 e. The molecule has 3 rings (SSSR count). The Morgan fingerprint density at radius 3 is 2.86 bits per heavy atom. The Morgan fingerprint density at radius 2 is 2.10 bits per heavy atom. The molecule has 0 aliphatic heterocycles. The molecule has 4 heteroatoms. The van der Waals surface area contributed by atoms with Crippen LogP contribution in [0.3, 0.4) is 0 Å². The van der Waals surface area contributed by atoms with Gasteiger partial charge in [0.2, 0.25) is 0 Å². The van der Waals surface area contributed by atoms with Crippen molar-refractivity contribution < 1.29 is 4.79 Å². The number of benzene rings is 2. The van der Waals surface area contributed by atoms with Gasteiger partial charge in [0.1, 0.15) is 0 Å². The summed E-state index contributed by atoms with van der Waals surface area (Å²) in [4.78, 5) is 15.6. The molecule has 0 unspecified atom stereocenters. The number of nitrogens with one attached hydrogen (secondary N) is 1. The lowest BCUT2D eigenvalue weighted by Crippen LogP contribution is -2.02. The van der Waals surface area contributed by atoms with E-state index in [4.69, 9.17) is 5.26 Å². The Kier molecular flexibility index (Phi) is 3.59. The fourth-order valence-corrected chi connectivity index (χ4v) is 2.80. The lowest BCUT2D eigenvalue weighted by molar-refractivity contribution is 0.0994. The molecule has 0 aliphatic rings. The van der Waals surface area contributed by atoms with E-state index < -0.39 is 0 Å². The maximum absolute atomic E-state index is 12.5. The van der Waals surface area contributed by atoms with Gasteiger partial charge in [0.05, 0.1) is 11.6 Å². The van der Waals surface area contributed by atoms with Gasteiger partial charge in [0.15, 0.2) is 5.78 Å². The van der Waals surface area contributed by atoms with Crippen molar-refractivity contribution in [2.45, 2.75) is 6.42 Å². The molecule has 2 aromatic carbocycles. The van der Waals surface area contributed by atoms with Crippen LogP contribution in [0.4, 0.5) is 0 Å². The van der Waals surface area contributed by atoms with Crippen LogP contribution >= 0.6 is 15.9 Å². The Hall–Kier alpha value is -2.38. The fourth-order valence-electron chi connectivity index (χ4n) is 2.35. The van der Waals surface area contributed by atoms with E-state index in [-0.39, 0.29) is 5.78 Å². The van der Waals surface area contributed by atoms with Crippen molar-refractivity contribution in [3.63, 3.8) is 0 Å². The first-order valence-electron chi connectivity index (χ1n) is 6.46. The van der Waals surface area contributed by atoms with Gasteiger partial charge in [-0.05, 0) is 35.9 Å². The SMILES string of the molecule is N#Cc1ccc2[nH]cc(C(=O)Cc3cccc(Br)c3)c2c1. The Labute approximate surface area is 130 Å². The zero-order valence-electron chi connectivity index (χ0n) is 11.1. The maximum Gasteiger partial charge on any atom is 0.169 e. The number of carbonyl (C=O) groups is 1. The third-order valence-electron chi connectivity index (χ3n) is 3.36. The molecule has 3 aromatic rings. The number of rotatable bonds is 3. The molecular formula is C17H11BrN2O. The number of aromatic amines is 1. The van der Waals surface area contributed by atoms with Crippen LogP contribution in [0.5, 0.6) is 0 Å². The highest BCUT2D eigenvalue weighted by atomic mass is 79.9. The summed E-state index contributed by atoms with van der Waals surface area (Å²) in [5.74, 6) is 0.0365. The van der Waals surface area contributed by atoms with Crippen molar-refractivity contribution in [3.8, 4) is 6.07 Å². The van der Waals surface area contributed by atoms with E-state index in [2.05, 4.69) is 27.0 Å². The molecular weight excluding hydrogens is 328 g/mol. The van der Waals surface area contributed by atoms with Gasteiger partial charge in [-0.25, -0.2) is 0 Å². The highest BCUT2D eigenvalue weighted by Crippen LogP contribution is 2.22. The summed E-state index contributed by atoms with van der Waals surface area (Å²) < 4.78 is 0.957. The van der Waals surface area contributed by atoms with Crippen molar-refractivity contribution >= 4 is 32.6 Å². The second-order valence-electron chi connectivity index (χ2n) is 4.80. The summed E-state index contributed by atoms with van der Waals surface area (Å²) in [6, 6.07) is 15.1. The number of nitriles is 1. The molecule has 0 saturated carbocycles. The van der Waals surface area contributed by atoms with E-state index in [1.165, 1.54) is 0 Å². The minimum atomic E-state index is 0.0365. The second-order valence-corrected chi connectivity index (χ2v) is 5.72. The predicted octanol–water partition coefficient (Wildman–Crippen LogP) is 4.23. The van der Waals surface area contributed by atoms with Crippen molar-refractivity contribution in [3.05, 3.63) is 69.8 Å². The van der Waals surface area contributed by atoms with Crippen LogP contribution < -0.4 is 0 Å². The molecule has 0 fully saturated rings. The number of H-pyrrole nitrogens is 1. The number of carbonyl (C=O) groups excluding carboxylic acids is 1. The van der Waals surface area contributed by atoms with Crippen LogP contribution in [0.1, 0.15) is 21.5 Å². The fraction of sp³-hybridized carbons (Fsp3) is 0.0588. The van der Waals surface area contributed by atoms with Crippen molar-refractivity contribution in [1.29, 1.82) is 5.26 Å². The molecule has 0 atom stereocenters. The van der Waals surface area contributed by atoms with Crippen LogP contribution in [0.25, 0.3) is 10.9 Å². The zero-order valence-corrected chi connectivity index (χ0v) is 12.6. The van der Waals surface area contributed by atoms with Gasteiger partial charge in [0, 0.05) is 33.6 Å². The molecule has 0 spiro atoms. The summed E-state index contributed by atoms with van der Waals surface area (Å²) >= 11 is 3.41. The third-order valence-corrected chi connectivity index (χ3v) is 3.86. The average molecular weight is 339 g/mol. The van der Waals surface area contributed by atoms with Crippen LogP contribution in [0, 0.1) is 11.3 Å². The molecule has 0 aliphatic carbocycles. The monoisotopic (exact) mass is 338 g/mol. The summed E-state index contributed by atoms with van der Waals surface area (Å²) in [6.45, 7) is 0. The molecule has 0 saturated heterocycles. The van der Waals surface area contributed by atoms with E-state index in [1.54, 1.807) is 18.3 Å². The molecule has 0 bridgehead atoms. The number of halogens is 1. The van der Waals surface area contributed by atoms with Gasteiger partial charge in [-0.3, -0.25) is 4.79 Å². The highest BCUT2D eigenvalue weighted by Gasteiger charge is 2.13. The Bertz CT molecular complexity index is 874. The molecule has 1 heterocycles. The zero-order chi connectivity index (χ0) is 14.8. The topological polar surface area (TPSA) is 56.6 Å². The molecule has 3 nitrogen and oxygen atoms in total. The molecule has 1 aromatic heterocycles. The number of nitrogens with zero attached hydrogens (tertiary/aromatic N) is 1. The second kappa shape index (κ2) is 5.55. The molecule has 0 radical (unpaired) electrons. The van der Waals surface area contributed by atoms with Crippen molar-refractivity contribution in [1.82, 2.24) is 4.98 Å². The highest BCUT2D eigenvalue weighted by molar-refractivity contribution is 9.10. The quantitative estimate of drug-likeness (QED) is 0.726. The molecule has 1 N–H and O–H groups in total. The minimum absolute atomic E-state index is 0.0365. The first kappa shape index (κ1) is 13.6. The summed E-state index contributed by atoms with van der Waals surface area (Å²) in [6.07, 6.45) is 2.05. The van der Waals surface area contributed by atoms with E-state index in [9.17, 15) is 4.79 Å². The Balaban J connectivity index is 1.96. The Morgan fingerprint density at radius 1 is 1.24 bits per heavy atom. The number of hydrogen-bond acceptors (Lipinski definition) is 2. The number of ketones is 1. The summed E-state index contributed by atoms with van der Waals surface area (Å²) in [5.41, 5.74) is 3.01. The van der Waals surface area contributed by atoms with Gasteiger partial charge in [-0.15, -0.1) is 0 Å². The van der Waals surface area contributed by atoms with E-state index >= 15 is 0 Å². The van der Waals surface area contributed by atoms with Gasteiger partial charge in [0.25, 0.3) is 0 Å².